The predicted molar refractivity (Wildman–Crippen MR) is 132 cm³/mol. The Morgan fingerprint density at radius 3 is 2.29 bits per heavy atom. The van der Waals surface area contributed by atoms with Gasteiger partial charge in [0.15, 0.2) is 5.78 Å². The highest BCUT2D eigenvalue weighted by Crippen LogP contribution is 2.53. The van der Waals surface area contributed by atoms with Crippen molar-refractivity contribution in [2.24, 2.45) is 16.9 Å². The molecule has 2 amide bonds. The third-order valence-electron chi connectivity index (χ3n) is 6.78. The zero-order chi connectivity index (χ0) is 23.6. The summed E-state index contributed by atoms with van der Waals surface area (Å²) in [6.45, 7) is 0. The first-order chi connectivity index (χ1) is 16.5. The highest BCUT2D eigenvalue weighted by Gasteiger charge is 2.65. The molecule has 3 aliphatic heterocycles. The van der Waals surface area contributed by atoms with Crippen LogP contribution in [0.4, 0.5) is 5.69 Å². The van der Waals surface area contributed by atoms with Crippen LogP contribution in [0.5, 0.6) is 0 Å². The fourth-order valence-corrected chi connectivity index (χ4v) is 5.69. The summed E-state index contributed by atoms with van der Waals surface area (Å²) in [4.78, 5) is 42.5. The molecule has 0 aliphatic carbocycles. The Kier molecular flexibility index (Phi) is 4.93. The first-order valence-electron chi connectivity index (χ1n) is 10.8. The standard InChI is InChI=1S/C26H17BrClN3O3/c27-16-7-11-18(12-8-16)30-25(33)20-21(26(30)34)23(24(32)14-5-9-17(28)10-6-14)31-22(20)19-4-2-1-3-15(19)13-29-31/h1-13,20-23H. The summed E-state index contributed by atoms with van der Waals surface area (Å²) in [5.41, 5.74) is 2.68. The number of imide groups is 1. The molecule has 3 aromatic rings. The molecular formula is C26H17BrClN3O3. The molecule has 168 valence electrons. The second kappa shape index (κ2) is 7.89. The number of hydrazone groups is 1. The van der Waals surface area contributed by atoms with E-state index in [4.69, 9.17) is 11.6 Å². The predicted octanol–water partition coefficient (Wildman–Crippen LogP) is 4.86. The van der Waals surface area contributed by atoms with E-state index in [0.29, 0.717) is 16.3 Å². The van der Waals surface area contributed by atoms with E-state index in [9.17, 15) is 14.4 Å². The van der Waals surface area contributed by atoms with Gasteiger partial charge < -0.3 is 0 Å². The van der Waals surface area contributed by atoms with Crippen LogP contribution >= 0.6 is 27.5 Å². The van der Waals surface area contributed by atoms with E-state index in [-0.39, 0.29) is 17.6 Å². The highest BCUT2D eigenvalue weighted by atomic mass is 79.9. The maximum Gasteiger partial charge on any atom is 0.240 e. The van der Waals surface area contributed by atoms with Gasteiger partial charge in [-0.15, -0.1) is 0 Å². The number of hydrogen-bond acceptors (Lipinski definition) is 5. The SMILES string of the molecule is O=C(c1ccc(Cl)cc1)C1C2C(=O)N(c3ccc(Br)cc3)C(=O)C2C2c3ccccc3C=NN12. The van der Waals surface area contributed by atoms with Crippen LogP contribution in [-0.4, -0.2) is 34.9 Å². The molecule has 0 radical (unpaired) electrons. The highest BCUT2D eigenvalue weighted by molar-refractivity contribution is 9.10. The molecule has 0 aromatic heterocycles. The third-order valence-corrected chi connectivity index (χ3v) is 7.56. The van der Waals surface area contributed by atoms with E-state index >= 15 is 0 Å². The van der Waals surface area contributed by atoms with Crippen molar-refractivity contribution in [3.05, 3.63) is 99.0 Å². The van der Waals surface area contributed by atoms with Crippen LogP contribution in [0, 0.1) is 11.8 Å². The summed E-state index contributed by atoms with van der Waals surface area (Å²) < 4.78 is 0.841. The second-order valence-corrected chi connectivity index (χ2v) is 9.91. The van der Waals surface area contributed by atoms with Gasteiger partial charge in [0.05, 0.1) is 29.8 Å². The number of halogens is 2. The number of ketones is 1. The lowest BCUT2D eigenvalue weighted by molar-refractivity contribution is -0.124. The molecule has 2 fully saturated rings. The van der Waals surface area contributed by atoms with Crippen LogP contribution in [0.2, 0.25) is 5.02 Å². The van der Waals surface area contributed by atoms with Crippen molar-refractivity contribution in [3.63, 3.8) is 0 Å². The van der Waals surface area contributed by atoms with Gasteiger partial charge in [0, 0.05) is 15.1 Å². The number of nitrogens with zero attached hydrogens (tertiary/aromatic N) is 3. The first kappa shape index (κ1) is 21.3. The minimum absolute atomic E-state index is 0.260. The minimum Gasteiger partial charge on any atom is -0.292 e. The lowest BCUT2D eigenvalue weighted by Crippen LogP contribution is -2.44. The maximum atomic E-state index is 13.8. The van der Waals surface area contributed by atoms with Crippen molar-refractivity contribution in [3.8, 4) is 0 Å². The number of amides is 2. The lowest BCUT2D eigenvalue weighted by atomic mass is 9.83. The largest absolute Gasteiger partial charge is 0.292 e. The average molecular weight is 535 g/mol. The minimum atomic E-state index is -0.905. The molecule has 3 aliphatic rings. The van der Waals surface area contributed by atoms with E-state index in [1.807, 2.05) is 24.3 Å². The summed E-state index contributed by atoms with van der Waals surface area (Å²) in [5, 5.41) is 6.74. The number of carbonyl (C=O) groups is 3. The van der Waals surface area contributed by atoms with E-state index in [0.717, 1.165) is 15.6 Å². The summed E-state index contributed by atoms with van der Waals surface area (Å²) in [6.07, 6.45) is 1.69. The fraction of sp³-hybridized carbons (Fsp3) is 0.154. The van der Waals surface area contributed by atoms with Crippen LogP contribution in [0.1, 0.15) is 27.5 Å². The Labute approximate surface area is 208 Å². The molecule has 3 aromatic carbocycles. The number of anilines is 1. The van der Waals surface area contributed by atoms with E-state index in [1.165, 1.54) is 4.90 Å². The lowest BCUT2D eigenvalue weighted by Gasteiger charge is -2.33. The van der Waals surface area contributed by atoms with Gasteiger partial charge in [0.2, 0.25) is 11.8 Å². The Morgan fingerprint density at radius 1 is 0.882 bits per heavy atom. The van der Waals surface area contributed by atoms with Gasteiger partial charge in [-0.3, -0.25) is 19.4 Å². The van der Waals surface area contributed by atoms with Gasteiger partial charge in [0.1, 0.15) is 6.04 Å². The van der Waals surface area contributed by atoms with Crippen molar-refractivity contribution >= 4 is 57.0 Å². The van der Waals surface area contributed by atoms with Gasteiger partial charge >= 0.3 is 0 Å². The van der Waals surface area contributed by atoms with Gasteiger partial charge in [0.25, 0.3) is 0 Å². The summed E-state index contributed by atoms with van der Waals surface area (Å²) in [7, 11) is 0. The average Bonchev–Trinajstić information content (AvgIpc) is 3.32. The molecule has 6 nitrogen and oxygen atoms in total. The molecule has 6 rings (SSSR count). The Bertz CT molecular complexity index is 1370. The molecule has 8 heteroatoms. The summed E-state index contributed by atoms with van der Waals surface area (Å²) in [5.74, 6) is -2.54. The zero-order valence-electron chi connectivity index (χ0n) is 17.6. The molecule has 0 N–H and O–H groups in total. The van der Waals surface area contributed by atoms with Crippen molar-refractivity contribution in [1.29, 1.82) is 0 Å². The van der Waals surface area contributed by atoms with Crippen LogP contribution in [0.25, 0.3) is 0 Å². The Hall–Kier alpha value is -3.29. The number of benzene rings is 3. The molecule has 4 atom stereocenters. The normalized spacial score (nSPS) is 24.8. The second-order valence-electron chi connectivity index (χ2n) is 8.55. The molecule has 34 heavy (non-hydrogen) atoms. The van der Waals surface area contributed by atoms with Gasteiger partial charge in [-0.1, -0.05) is 51.8 Å². The molecular weight excluding hydrogens is 518 g/mol. The number of fused-ring (bicyclic) bond motifs is 5. The van der Waals surface area contributed by atoms with Crippen molar-refractivity contribution in [1.82, 2.24) is 5.01 Å². The monoisotopic (exact) mass is 533 g/mol. The topological polar surface area (TPSA) is 70.0 Å². The molecule has 0 spiro atoms. The van der Waals surface area contributed by atoms with Crippen LogP contribution in [0.3, 0.4) is 0 Å². The first-order valence-corrected chi connectivity index (χ1v) is 12.0. The molecule has 4 unspecified atom stereocenters. The molecule has 0 bridgehead atoms. The Morgan fingerprint density at radius 2 is 1.56 bits per heavy atom. The van der Waals surface area contributed by atoms with Crippen molar-refractivity contribution in [2.45, 2.75) is 12.1 Å². The quantitative estimate of drug-likeness (QED) is 0.355. The molecule has 0 saturated carbocycles. The van der Waals surface area contributed by atoms with Gasteiger partial charge in [-0.25, -0.2) is 4.90 Å². The van der Waals surface area contributed by atoms with E-state index < -0.39 is 23.9 Å². The number of rotatable bonds is 3. The van der Waals surface area contributed by atoms with E-state index in [1.54, 1.807) is 59.8 Å². The number of Topliss-reactive ketones (excluding diaryl/α,β-unsaturated/α-hetero) is 1. The van der Waals surface area contributed by atoms with Crippen molar-refractivity contribution in [2.75, 3.05) is 4.90 Å². The smallest absolute Gasteiger partial charge is 0.240 e. The van der Waals surface area contributed by atoms with Gasteiger partial charge in [-0.2, -0.15) is 5.10 Å². The van der Waals surface area contributed by atoms with Crippen LogP contribution in [0.15, 0.2) is 82.4 Å². The van der Waals surface area contributed by atoms with Crippen LogP contribution < -0.4 is 4.90 Å². The third kappa shape index (κ3) is 3.07. The summed E-state index contributed by atoms with van der Waals surface area (Å²) in [6, 6.07) is 19.8. The zero-order valence-corrected chi connectivity index (χ0v) is 20.0. The van der Waals surface area contributed by atoms with Gasteiger partial charge in [-0.05, 0) is 59.7 Å². The molecule has 2 saturated heterocycles. The molecule has 3 heterocycles. The summed E-state index contributed by atoms with van der Waals surface area (Å²) >= 11 is 9.41. The number of hydrogen-bond donors (Lipinski definition) is 0. The maximum absolute atomic E-state index is 13.8. The van der Waals surface area contributed by atoms with E-state index in [2.05, 4.69) is 21.0 Å². The van der Waals surface area contributed by atoms with Crippen LogP contribution in [-0.2, 0) is 9.59 Å². The number of carbonyl (C=O) groups excluding carboxylic acids is 3. The van der Waals surface area contributed by atoms with Crippen molar-refractivity contribution < 1.29 is 14.4 Å². The Balaban J connectivity index is 1.49. The fourth-order valence-electron chi connectivity index (χ4n) is 5.30.